The molecule has 1 saturated carbocycles. The quantitative estimate of drug-likeness (QED) is 0.455. The van der Waals surface area contributed by atoms with E-state index in [9.17, 15) is 4.39 Å². The number of benzene rings is 1. The van der Waals surface area contributed by atoms with Crippen molar-refractivity contribution < 1.29 is 4.39 Å². The van der Waals surface area contributed by atoms with Crippen LogP contribution in [-0.4, -0.2) is 0 Å². The lowest BCUT2D eigenvalue weighted by atomic mass is 9.97. The van der Waals surface area contributed by atoms with Crippen LogP contribution in [0.1, 0.15) is 90.7 Å². The van der Waals surface area contributed by atoms with Crippen molar-refractivity contribution >= 4 is 5.57 Å². The molecule has 0 atom stereocenters. The van der Waals surface area contributed by atoms with Gasteiger partial charge in [-0.25, -0.2) is 4.39 Å². The summed E-state index contributed by atoms with van der Waals surface area (Å²) in [6.45, 7) is 10.8. The topological polar surface area (TPSA) is 0 Å². The molecule has 1 aromatic rings. The van der Waals surface area contributed by atoms with E-state index in [2.05, 4.69) is 33.8 Å². The fourth-order valence-corrected chi connectivity index (χ4v) is 3.18. The highest BCUT2D eigenvalue weighted by molar-refractivity contribution is 5.64. The van der Waals surface area contributed by atoms with Gasteiger partial charge in [-0.05, 0) is 61.3 Å². The molecular formula is C23H37F. The van der Waals surface area contributed by atoms with Crippen LogP contribution in [0.2, 0.25) is 0 Å². The third-order valence-electron chi connectivity index (χ3n) is 5.02. The Kier molecular flexibility index (Phi) is 9.98. The lowest BCUT2D eigenvalue weighted by Crippen LogP contribution is -1.96. The average Bonchev–Trinajstić information content (AvgIpc) is 3.39. The van der Waals surface area contributed by atoms with Crippen molar-refractivity contribution in [3.05, 3.63) is 41.2 Å². The number of halogens is 1. The van der Waals surface area contributed by atoms with Crippen LogP contribution < -0.4 is 0 Å². The van der Waals surface area contributed by atoms with Crippen LogP contribution >= 0.6 is 0 Å². The second kappa shape index (κ2) is 11.4. The summed E-state index contributed by atoms with van der Waals surface area (Å²) in [5.41, 5.74) is 3.01. The highest BCUT2D eigenvalue weighted by Crippen LogP contribution is 2.36. The molecule has 0 radical (unpaired) electrons. The standard InChI is InChI=1S/C14H19F.C9H18/c1-4-6-11(3)13-10-12(7-5-2)8-9-14(13)15;1-3-8(4-2)7-9-5-6-9/h6,8-10H,4-5,7H2,1-3H3;8-9H,3-7H2,1-2H3/b11-6-;. The lowest BCUT2D eigenvalue weighted by Gasteiger charge is -2.09. The zero-order valence-corrected chi connectivity index (χ0v) is 16.5. The molecule has 1 aliphatic carbocycles. The SMILES string of the molecule is CC/C=C(/C)c1cc(CCC)ccc1F.CCC(CC)CC1CC1. The Morgan fingerprint density at radius 3 is 2.33 bits per heavy atom. The number of hydrogen-bond acceptors (Lipinski definition) is 0. The molecule has 24 heavy (non-hydrogen) atoms. The largest absolute Gasteiger partial charge is 0.206 e. The van der Waals surface area contributed by atoms with E-state index in [-0.39, 0.29) is 5.82 Å². The van der Waals surface area contributed by atoms with Gasteiger partial charge in [0.2, 0.25) is 0 Å². The van der Waals surface area contributed by atoms with Crippen molar-refractivity contribution in [1.82, 2.24) is 0 Å². The molecule has 0 heterocycles. The number of hydrogen-bond donors (Lipinski definition) is 0. The molecule has 0 aromatic heterocycles. The molecule has 1 aliphatic rings. The normalized spacial score (nSPS) is 14.5. The van der Waals surface area contributed by atoms with Crippen LogP contribution in [0, 0.1) is 17.7 Å². The minimum atomic E-state index is -0.114. The van der Waals surface area contributed by atoms with Gasteiger partial charge in [0, 0.05) is 5.56 Å². The Bertz CT molecular complexity index is 493. The van der Waals surface area contributed by atoms with Crippen molar-refractivity contribution in [3.63, 3.8) is 0 Å². The maximum absolute atomic E-state index is 13.5. The molecule has 0 spiro atoms. The number of aryl methyl sites for hydroxylation is 1. The molecule has 0 bridgehead atoms. The molecule has 1 fully saturated rings. The van der Waals surface area contributed by atoms with Crippen LogP contribution in [0.4, 0.5) is 4.39 Å². The maximum atomic E-state index is 13.5. The first-order valence-corrected chi connectivity index (χ1v) is 10.0. The van der Waals surface area contributed by atoms with Crippen LogP contribution in [0.25, 0.3) is 5.57 Å². The summed E-state index contributed by atoms with van der Waals surface area (Å²) in [5.74, 6) is 2.06. The molecule has 0 saturated heterocycles. The molecule has 0 nitrogen and oxygen atoms in total. The van der Waals surface area contributed by atoms with E-state index in [1.807, 2.05) is 19.1 Å². The molecule has 0 unspecified atom stereocenters. The molecule has 0 aliphatic heterocycles. The van der Waals surface area contributed by atoms with Crippen LogP contribution in [0.15, 0.2) is 24.3 Å². The summed E-state index contributed by atoms with van der Waals surface area (Å²) >= 11 is 0. The van der Waals surface area contributed by atoms with Crippen LogP contribution in [0.3, 0.4) is 0 Å². The summed E-state index contributed by atoms with van der Waals surface area (Å²) in [6, 6.07) is 5.43. The van der Waals surface area contributed by atoms with Gasteiger partial charge in [-0.3, -0.25) is 0 Å². The van der Waals surface area contributed by atoms with Crippen molar-refractivity contribution in [2.24, 2.45) is 11.8 Å². The summed E-state index contributed by atoms with van der Waals surface area (Å²) in [5, 5.41) is 0. The predicted molar refractivity (Wildman–Crippen MR) is 106 cm³/mol. The van der Waals surface area contributed by atoms with Gasteiger partial charge < -0.3 is 0 Å². The highest BCUT2D eigenvalue weighted by Gasteiger charge is 2.23. The fourth-order valence-electron chi connectivity index (χ4n) is 3.18. The van der Waals surface area contributed by atoms with Crippen molar-refractivity contribution in [1.29, 1.82) is 0 Å². The van der Waals surface area contributed by atoms with E-state index in [4.69, 9.17) is 0 Å². The van der Waals surface area contributed by atoms with Gasteiger partial charge in [-0.1, -0.05) is 71.9 Å². The van der Waals surface area contributed by atoms with Gasteiger partial charge in [0.05, 0.1) is 0 Å². The molecule has 0 N–H and O–H groups in total. The third kappa shape index (κ3) is 7.64. The zero-order valence-electron chi connectivity index (χ0n) is 16.5. The average molecular weight is 333 g/mol. The lowest BCUT2D eigenvalue weighted by molar-refractivity contribution is 0.430. The van der Waals surface area contributed by atoms with Gasteiger partial charge in [0.25, 0.3) is 0 Å². The van der Waals surface area contributed by atoms with Crippen molar-refractivity contribution in [2.75, 3.05) is 0 Å². The Morgan fingerprint density at radius 1 is 1.17 bits per heavy atom. The smallest absolute Gasteiger partial charge is 0.130 e. The minimum Gasteiger partial charge on any atom is -0.206 e. The highest BCUT2D eigenvalue weighted by atomic mass is 19.1. The maximum Gasteiger partial charge on any atom is 0.130 e. The first kappa shape index (κ1) is 20.9. The fraction of sp³-hybridized carbons (Fsp3) is 0.652. The molecular weight excluding hydrogens is 295 g/mol. The van der Waals surface area contributed by atoms with Crippen molar-refractivity contribution in [3.8, 4) is 0 Å². The van der Waals surface area contributed by atoms with Gasteiger partial charge in [-0.2, -0.15) is 0 Å². The monoisotopic (exact) mass is 332 g/mol. The Hall–Kier alpha value is -1.11. The minimum absolute atomic E-state index is 0.114. The van der Waals surface area contributed by atoms with Gasteiger partial charge in [0.15, 0.2) is 0 Å². The summed E-state index contributed by atoms with van der Waals surface area (Å²) in [4.78, 5) is 0. The Morgan fingerprint density at radius 2 is 1.83 bits per heavy atom. The second-order valence-corrected chi connectivity index (χ2v) is 7.22. The summed E-state index contributed by atoms with van der Waals surface area (Å²) in [6.07, 6.45) is 12.5. The van der Waals surface area contributed by atoms with Gasteiger partial charge in [0.1, 0.15) is 5.82 Å². The molecule has 136 valence electrons. The third-order valence-corrected chi connectivity index (χ3v) is 5.02. The Labute approximate surface area is 149 Å². The molecule has 2 rings (SSSR count). The van der Waals surface area contributed by atoms with Crippen LogP contribution in [-0.2, 0) is 6.42 Å². The van der Waals surface area contributed by atoms with E-state index in [1.54, 1.807) is 6.07 Å². The van der Waals surface area contributed by atoms with Gasteiger partial charge in [-0.15, -0.1) is 0 Å². The van der Waals surface area contributed by atoms with E-state index >= 15 is 0 Å². The second-order valence-electron chi connectivity index (χ2n) is 7.22. The van der Waals surface area contributed by atoms with Gasteiger partial charge >= 0.3 is 0 Å². The van der Waals surface area contributed by atoms with E-state index < -0.39 is 0 Å². The molecule has 1 heteroatoms. The van der Waals surface area contributed by atoms with E-state index in [0.717, 1.165) is 42.2 Å². The number of rotatable bonds is 8. The predicted octanol–water partition coefficient (Wildman–Crippen LogP) is 7.81. The van der Waals surface area contributed by atoms with Crippen LogP contribution in [0.5, 0.6) is 0 Å². The number of allylic oxidation sites excluding steroid dienone is 2. The zero-order chi connectivity index (χ0) is 17.9. The van der Waals surface area contributed by atoms with Crippen molar-refractivity contribution in [2.45, 2.75) is 86.0 Å². The summed E-state index contributed by atoms with van der Waals surface area (Å²) in [7, 11) is 0. The van der Waals surface area contributed by atoms with E-state index in [0.29, 0.717) is 0 Å². The first-order valence-electron chi connectivity index (χ1n) is 10.0. The Balaban J connectivity index is 0.000000272. The van der Waals surface area contributed by atoms with E-state index in [1.165, 1.54) is 37.7 Å². The first-order chi connectivity index (χ1) is 11.5. The molecule has 0 amide bonds. The molecule has 1 aromatic carbocycles. The summed E-state index contributed by atoms with van der Waals surface area (Å²) < 4.78 is 13.5.